The Kier molecular flexibility index (Phi) is 5.26. The molecule has 0 radical (unpaired) electrons. The molecular weight excluding hydrogens is 338 g/mol. The van der Waals surface area contributed by atoms with Crippen LogP contribution in [-0.4, -0.2) is 25.8 Å². The highest BCUT2D eigenvalue weighted by Gasteiger charge is 2.27. The van der Waals surface area contributed by atoms with E-state index in [0.29, 0.717) is 23.9 Å². The van der Waals surface area contributed by atoms with Crippen molar-refractivity contribution in [1.29, 1.82) is 0 Å². The van der Waals surface area contributed by atoms with Crippen molar-refractivity contribution in [2.24, 2.45) is 5.92 Å². The number of sulfonamides is 1. The van der Waals surface area contributed by atoms with E-state index >= 15 is 0 Å². The monoisotopic (exact) mass is 359 g/mol. The predicted octanol–water partition coefficient (Wildman–Crippen LogP) is 3.96. The van der Waals surface area contributed by atoms with E-state index in [1.54, 1.807) is 16.4 Å². The van der Waals surface area contributed by atoms with Gasteiger partial charge in [0.25, 0.3) is 0 Å². The van der Waals surface area contributed by atoms with E-state index in [2.05, 4.69) is 22.9 Å². The van der Waals surface area contributed by atoms with Gasteiger partial charge in [0.2, 0.25) is 10.0 Å². The molecule has 0 aliphatic carbocycles. The number of nitrogens with zero attached hydrogens (tertiary/aromatic N) is 1. The van der Waals surface area contributed by atoms with Crippen LogP contribution >= 0.6 is 15.9 Å². The SMILES string of the molecule is CCC1CCCN(S(=O)(=O)c2ccc(Br)c(C)c2)CC1. The van der Waals surface area contributed by atoms with Gasteiger partial charge in [-0.3, -0.25) is 0 Å². The molecule has 0 saturated carbocycles. The van der Waals surface area contributed by atoms with E-state index in [1.165, 1.54) is 0 Å². The highest BCUT2D eigenvalue weighted by atomic mass is 79.9. The largest absolute Gasteiger partial charge is 0.243 e. The van der Waals surface area contributed by atoms with Crippen molar-refractivity contribution in [3.8, 4) is 0 Å². The van der Waals surface area contributed by atoms with Gasteiger partial charge in [0, 0.05) is 17.6 Å². The molecule has 112 valence electrons. The second-order valence-corrected chi connectivity index (χ2v) is 8.31. The van der Waals surface area contributed by atoms with E-state index in [9.17, 15) is 8.42 Å². The lowest BCUT2D eigenvalue weighted by atomic mass is 9.98. The lowest BCUT2D eigenvalue weighted by Crippen LogP contribution is -2.32. The normalized spacial score (nSPS) is 21.6. The van der Waals surface area contributed by atoms with E-state index in [-0.39, 0.29) is 0 Å². The summed E-state index contributed by atoms with van der Waals surface area (Å²) in [7, 11) is -3.34. The molecule has 0 aromatic heterocycles. The van der Waals surface area contributed by atoms with E-state index in [0.717, 1.165) is 35.7 Å². The Morgan fingerprint density at radius 1 is 1.30 bits per heavy atom. The lowest BCUT2D eigenvalue weighted by Gasteiger charge is -2.20. The maximum absolute atomic E-state index is 12.7. The van der Waals surface area contributed by atoms with Crippen LogP contribution in [0.4, 0.5) is 0 Å². The maximum Gasteiger partial charge on any atom is 0.243 e. The zero-order chi connectivity index (χ0) is 14.8. The fourth-order valence-electron chi connectivity index (χ4n) is 2.71. The highest BCUT2D eigenvalue weighted by Crippen LogP contribution is 2.26. The number of hydrogen-bond donors (Lipinski definition) is 0. The van der Waals surface area contributed by atoms with Crippen LogP contribution in [-0.2, 0) is 10.0 Å². The van der Waals surface area contributed by atoms with Gasteiger partial charge < -0.3 is 0 Å². The molecular formula is C15H22BrNO2S. The average molecular weight is 360 g/mol. The van der Waals surface area contributed by atoms with Gasteiger partial charge in [-0.15, -0.1) is 0 Å². The van der Waals surface area contributed by atoms with E-state index in [4.69, 9.17) is 0 Å². The molecule has 1 saturated heterocycles. The summed E-state index contributed by atoms with van der Waals surface area (Å²) in [6, 6.07) is 5.26. The third-order valence-corrected chi connectivity index (χ3v) is 6.94. The van der Waals surface area contributed by atoms with Crippen LogP contribution in [0.2, 0.25) is 0 Å². The second kappa shape index (κ2) is 6.58. The first-order valence-corrected chi connectivity index (χ1v) is 9.44. The Hall–Kier alpha value is -0.390. The second-order valence-electron chi connectivity index (χ2n) is 5.52. The standard InChI is InChI=1S/C15H22BrNO2S/c1-3-13-5-4-9-17(10-8-13)20(18,19)14-6-7-15(16)12(2)11-14/h6-7,11,13H,3-5,8-10H2,1-2H3. The molecule has 1 aromatic carbocycles. The number of rotatable bonds is 3. The lowest BCUT2D eigenvalue weighted by molar-refractivity contribution is 0.407. The van der Waals surface area contributed by atoms with Crippen LogP contribution in [0.25, 0.3) is 0 Å². The van der Waals surface area contributed by atoms with Crippen molar-refractivity contribution in [3.63, 3.8) is 0 Å². The number of benzene rings is 1. The first-order chi connectivity index (χ1) is 9.45. The van der Waals surface area contributed by atoms with Gasteiger partial charge in [-0.25, -0.2) is 8.42 Å². The summed E-state index contributed by atoms with van der Waals surface area (Å²) in [6.07, 6.45) is 4.23. The van der Waals surface area contributed by atoms with Crippen LogP contribution in [0.5, 0.6) is 0 Å². The molecule has 1 heterocycles. The molecule has 0 bridgehead atoms. The highest BCUT2D eigenvalue weighted by molar-refractivity contribution is 9.10. The summed E-state index contributed by atoms with van der Waals surface area (Å²) in [5, 5.41) is 0. The number of halogens is 1. The van der Waals surface area contributed by atoms with Crippen molar-refractivity contribution in [1.82, 2.24) is 4.31 Å². The van der Waals surface area contributed by atoms with Gasteiger partial charge in [-0.1, -0.05) is 29.3 Å². The van der Waals surface area contributed by atoms with Crippen molar-refractivity contribution in [2.75, 3.05) is 13.1 Å². The molecule has 1 aliphatic rings. The van der Waals surface area contributed by atoms with Gasteiger partial charge >= 0.3 is 0 Å². The Balaban J connectivity index is 2.23. The summed E-state index contributed by atoms with van der Waals surface area (Å²) in [5.41, 5.74) is 0.951. The Labute approximate surface area is 130 Å². The molecule has 1 atom stereocenters. The summed E-state index contributed by atoms with van der Waals surface area (Å²) in [4.78, 5) is 0.410. The fourth-order valence-corrected chi connectivity index (χ4v) is 4.54. The topological polar surface area (TPSA) is 37.4 Å². The quantitative estimate of drug-likeness (QED) is 0.818. The van der Waals surface area contributed by atoms with Gasteiger partial charge in [0.1, 0.15) is 0 Å². The molecule has 1 fully saturated rings. The molecule has 1 aliphatic heterocycles. The minimum atomic E-state index is -3.34. The molecule has 0 amide bonds. The number of aryl methyl sites for hydroxylation is 1. The van der Waals surface area contributed by atoms with E-state index < -0.39 is 10.0 Å². The van der Waals surface area contributed by atoms with Crippen LogP contribution in [0, 0.1) is 12.8 Å². The third kappa shape index (κ3) is 3.43. The van der Waals surface area contributed by atoms with Crippen molar-refractivity contribution in [2.45, 2.75) is 44.4 Å². The smallest absolute Gasteiger partial charge is 0.207 e. The molecule has 1 aromatic rings. The van der Waals surface area contributed by atoms with Crippen LogP contribution in [0.15, 0.2) is 27.6 Å². The maximum atomic E-state index is 12.7. The minimum Gasteiger partial charge on any atom is -0.207 e. The Bertz CT molecular complexity index is 571. The molecule has 1 unspecified atom stereocenters. The van der Waals surface area contributed by atoms with Gasteiger partial charge in [0.15, 0.2) is 0 Å². The van der Waals surface area contributed by atoms with Crippen LogP contribution < -0.4 is 0 Å². The number of hydrogen-bond acceptors (Lipinski definition) is 2. The molecule has 2 rings (SSSR count). The zero-order valence-electron chi connectivity index (χ0n) is 12.1. The first kappa shape index (κ1) is 16.0. The fraction of sp³-hybridized carbons (Fsp3) is 0.600. The van der Waals surface area contributed by atoms with E-state index in [1.807, 2.05) is 13.0 Å². The molecule has 5 heteroatoms. The van der Waals surface area contributed by atoms with Crippen molar-refractivity contribution < 1.29 is 8.42 Å². The van der Waals surface area contributed by atoms with Gasteiger partial charge in [0.05, 0.1) is 4.90 Å². The predicted molar refractivity (Wildman–Crippen MR) is 85.3 cm³/mol. The van der Waals surface area contributed by atoms with Crippen LogP contribution in [0.1, 0.15) is 38.2 Å². The Morgan fingerprint density at radius 3 is 2.70 bits per heavy atom. The molecule has 0 spiro atoms. The molecule has 0 N–H and O–H groups in total. The summed E-state index contributed by atoms with van der Waals surface area (Å²) in [6.45, 7) is 5.40. The third-order valence-electron chi connectivity index (χ3n) is 4.15. The summed E-state index contributed by atoms with van der Waals surface area (Å²) < 4.78 is 28.0. The average Bonchev–Trinajstić information content (AvgIpc) is 2.67. The van der Waals surface area contributed by atoms with Gasteiger partial charge in [-0.2, -0.15) is 4.31 Å². The van der Waals surface area contributed by atoms with Crippen LogP contribution in [0.3, 0.4) is 0 Å². The summed E-state index contributed by atoms with van der Waals surface area (Å²) >= 11 is 3.41. The Morgan fingerprint density at radius 2 is 2.05 bits per heavy atom. The summed E-state index contributed by atoms with van der Waals surface area (Å²) in [5.74, 6) is 0.668. The minimum absolute atomic E-state index is 0.410. The molecule has 20 heavy (non-hydrogen) atoms. The van der Waals surface area contributed by atoms with Crippen molar-refractivity contribution >= 4 is 26.0 Å². The first-order valence-electron chi connectivity index (χ1n) is 7.21. The zero-order valence-corrected chi connectivity index (χ0v) is 14.5. The molecule has 3 nitrogen and oxygen atoms in total. The van der Waals surface area contributed by atoms with Gasteiger partial charge in [-0.05, 0) is 55.9 Å². The van der Waals surface area contributed by atoms with Crippen molar-refractivity contribution in [3.05, 3.63) is 28.2 Å².